The van der Waals surface area contributed by atoms with Crippen LogP contribution < -0.4 is 9.47 Å². The summed E-state index contributed by atoms with van der Waals surface area (Å²) in [6.07, 6.45) is -0.452. The van der Waals surface area contributed by atoms with Crippen molar-refractivity contribution in [2.24, 2.45) is 0 Å². The van der Waals surface area contributed by atoms with Gasteiger partial charge in [-0.2, -0.15) is 0 Å². The van der Waals surface area contributed by atoms with Crippen LogP contribution in [-0.2, 0) is 30.3 Å². The second kappa shape index (κ2) is 10.2. The Morgan fingerprint density at radius 1 is 1.12 bits per heavy atom. The van der Waals surface area contributed by atoms with Gasteiger partial charge in [-0.3, -0.25) is 4.79 Å². The zero-order valence-corrected chi connectivity index (χ0v) is 15.5. The van der Waals surface area contributed by atoms with E-state index in [2.05, 4.69) is 6.58 Å². The molecule has 1 atom stereocenters. The summed E-state index contributed by atoms with van der Waals surface area (Å²) >= 11 is 0. The average molecular weight is 364 g/mol. The first kappa shape index (κ1) is 21.2. The second-order valence-corrected chi connectivity index (χ2v) is 5.62. The molecule has 0 fully saturated rings. The first-order chi connectivity index (χ1) is 12.3. The number of carbonyl (C=O) groups is 3. The molecular weight excluding hydrogens is 340 g/mol. The Hall–Kier alpha value is -2.83. The predicted molar refractivity (Wildman–Crippen MR) is 94.0 cm³/mol. The minimum Gasteiger partial charge on any atom is -0.493 e. The van der Waals surface area contributed by atoms with Crippen LogP contribution in [0.3, 0.4) is 0 Å². The zero-order chi connectivity index (χ0) is 19.7. The number of hydrogen-bond acceptors (Lipinski definition) is 7. The highest BCUT2D eigenvalue weighted by Crippen LogP contribution is 2.27. The normalized spacial score (nSPS) is 11.2. The van der Waals surface area contributed by atoms with Gasteiger partial charge in [0, 0.05) is 5.57 Å². The Kier molecular flexibility index (Phi) is 8.34. The van der Waals surface area contributed by atoms with Crippen LogP contribution in [0.2, 0.25) is 0 Å². The third kappa shape index (κ3) is 6.23. The number of ether oxygens (including phenoxy) is 4. The minimum atomic E-state index is -1.14. The van der Waals surface area contributed by atoms with E-state index in [0.29, 0.717) is 23.5 Å². The lowest BCUT2D eigenvalue weighted by Gasteiger charge is -2.15. The monoisotopic (exact) mass is 364 g/mol. The largest absolute Gasteiger partial charge is 0.493 e. The minimum absolute atomic E-state index is 0.140. The molecule has 0 heterocycles. The smallest absolute Gasteiger partial charge is 0.355 e. The Balaban J connectivity index is 2.74. The van der Waals surface area contributed by atoms with Gasteiger partial charge in [0.2, 0.25) is 0 Å². The van der Waals surface area contributed by atoms with Gasteiger partial charge in [-0.25, -0.2) is 9.59 Å². The molecule has 1 aromatic carbocycles. The Labute approximate surface area is 152 Å². The molecule has 0 aliphatic heterocycles. The molecule has 0 amide bonds. The van der Waals surface area contributed by atoms with Crippen molar-refractivity contribution in [1.82, 2.24) is 0 Å². The van der Waals surface area contributed by atoms with Gasteiger partial charge in [0.15, 0.2) is 17.6 Å². The summed E-state index contributed by atoms with van der Waals surface area (Å²) in [5.74, 6) is -1.37. The van der Waals surface area contributed by atoms with E-state index in [1.54, 1.807) is 18.2 Å². The first-order valence-corrected chi connectivity index (χ1v) is 8.14. The fourth-order valence-corrected chi connectivity index (χ4v) is 2.09. The summed E-state index contributed by atoms with van der Waals surface area (Å²) in [7, 11) is 2.99. The lowest BCUT2D eigenvalue weighted by Crippen LogP contribution is -2.31. The maximum atomic E-state index is 12.1. The van der Waals surface area contributed by atoms with E-state index in [-0.39, 0.29) is 18.4 Å². The van der Waals surface area contributed by atoms with E-state index >= 15 is 0 Å². The predicted octanol–water partition coefficient (Wildman–Crippen LogP) is 2.60. The first-order valence-electron chi connectivity index (χ1n) is 8.14. The highest BCUT2D eigenvalue weighted by Gasteiger charge is 2.26. The van der Waals surface area contributed by atoms with E-state index in [4.69, 9.17) is 18.9 Å². The summed E-state index contributed by atoms with van der Waals surface area (Å²) in [4.78, 5) is 35.8. The standard InChI is InChI=1S/C19H24O7/c1-6-7-15(25-18(21)12(2)3)19(22)26-17(20)11-13-8-9-14(23-4)16(10-13)24-5/h8-10,15H,2,6-7,11H2,1,3-5H3. The maximum Gasteiger partial charge on any atom is 0.355 e. The van der Waals surface area contributed by atoms with Crippen LogP contribution in [0.15, 0.2) is 30.4 Å². The molecule has 0 aliphatic rings. The second-order valence-electron chi connectivity index (χ2n) is 5.62. The number of benzene rings is 1. The molecule has 1 aromatic rings. The van der Waals surface area contributed by atoms with Gasteiger partial charge in [-0.1, -0.05) is 26.0 Å². The lowest BCUT2D eigenvalue weighted by atomic mass is 10.1. The van der Waals surface area contributed by atoms with Crippen LogP contribution in [0, 0.1) is 0 Å². The SMILES string of the molecule is C=C(C)C(=O)OC(CCC)C(=O)OC(=O)Cc1ccc(OC)c(OC)c1. The van der Waals surface area contributed by atoms with Crippen LogP contribution in [0.25, 0.3) is 0 Å². The van der Waals surface area contributed by atoms with Crippen LogP contribution >= 0.6 is 0 Å². The van der Waals surface area contributed by atoms with E-state index in [9.17, 15) is 14.4 Å². The van der Waals surface area contributed by atoms with E-state index in [1.165, 1.54) is 21.1 Å². The molecule has 0 aliphatic carbocycles. The molecule has 0 bridgehead atoms. The summed E-state index contributed by atoms with van der Waals surface area (Å²) in [5, 5.41) is 0. The van der Waals surface area contributed by atoms with Crippen LogP contribution in [0.4, 0.5) is 0 Å². The molecule has 0 radical (unpaired) electrons. The number of carbonyl (C=O) groups excluding carboxylic acids is 3. The van der Waals surface area contributed by atoms with Crippen LogP contribution in [0.1, 0.15) is 32.3 Å². The zero-order valence-electron chi connectivity index (χ0n) is 15.5. The number of methoxy groups -OCH3 is 2. The molecular formula is C19H24O7. The molecule has 7 nitrogen and oxygen atoms in total. The third-order valence-corrected chi connectivity index (χ3v) is 3.42. The van der Waals surface area contributed by atoms with Gasteiger partial charge in [-0.05, 0) is 31.0 Å². The molecule has 142 valence electrons. The Morgan fingerprint density at radius 2 is 1.77 bits per heavy atom. The molecule has 1 rings (SSSR count). The van der Waals surface area contributed by atoms with Gasteiger partial charge >= 0.3 is 17.9 Å². The highest BCUT2D eigenvalue weighted by atomic mass is 16.6. The number of rotatable bonds is 9. The van der Waals surface area contributed by atoms with E-state index in [1.807, 2.05) is 6.92 Å². The third-order valence-electron chi connectivity index (χ3n) is 3.42. The van der Waals surface area contributed by atoms with Crippen molar-refractivity contribution in [2.45, 2.75) is 39.2 Å². The van der Waals surface area contributed by atoms with Crippen molar-refractivity contribution < 1.29 is 33.3 Å². The van der Waals surface area contributed by atoms with Crippen molar-refractivity contribution in [3.05, 3.63) is 35.9 Å². The molecule has 0 saturated carbocycles. The summed E-state index contributed by atoms with van der Waals surface area (Å²) in [6.45, 7) is 6.75. The number of esters is 3. The van der Waals surface area contributed by atoms with Crippen molar-refractivity contribution >= 4 is 17.9 Å². The highest BCUT2D eigenvalue weighted by molar-refractivity contribution is 5.92. The van der Waals surface area contributed by atoms with Gasteiger partial charge in [0.1, 0.15) is 0 Å². The molecule has 0 N–H and O–H groups in total. The topological polar surface area (TPSA) is 88.1 Å². The van der Waals surface area contributed by atoms with Crippen molar-refractivity contribution in [1.29, 1.82) is 0 Å². The number of hydrogen-bond donors (Lipinski definition) is 0. The van der Waals surface area contributed by atoms with E-state index in [0.717, 1.165) is 0 Å². The quantitative estimate of drug-likeness (QED) is 0.378. The van der Waals surface area contributed by atoms with Gasteiger partial charge in [-0.15, -0.1) is 0 Å². The summed E-state index contributed by atoms with van der Waals surface area (Å²) in [6, 6.07) is 4.94. The lowest BCUT2D eigenvalue weighted by molar-refractivity contribution is -0.172. The van der Waals surface area contributed by atoms with Crippen molar-refractivity contribution in [3.8, 4) is 11.5 Å². The van der Waals surface area contributed by atoms with Crippen LogP contribution in [-0.4, -0.2) is 38.2 Å². The van der Waals surface area contributed by atoms with Gasteiger partial charge in [0.05, 0.1) is 20.6 Å². The summed E-state index contributed by atoms with van der Waals surface area (Å²) in [5.41, 5.74) is 0.752. The average Bonchev–Trinajstić information content (AvgIpc) is 2.60. The molecule has 1 unspecified atom stereocenters. The Bertz CT molecular complexity index is 678. The van der Waals surface area contributed by atoms with Crippen molar-refractivity contribution in [3.63, 3.8) is 0 Å². The maximum absolute atomic E-state index is 12.1. The molecule has 26 heavy (non-hydrogen) atoms. The molecule has 0 aromatic heterocycles. The van der Waals surface area contributed by atoms with Crippen LogP contribution in [0.5, 0.6) is 11.5 Å². The van der Waals surface area contributed by atoms with Gasteiger partial charge < -0.3 is 18.9 Å². The van der Waals surface area contributed by atoms with E-state index < -0.39 is 24.0 Å². The van der Waals surface area contributed by atoms with Crippen molar-refractivity contribution in [2.75, 3.05) is 14.2 Å². The summed E-state index contributed by atoms with van der Waals surface area (Å²) < 4.78 is 20.1. The van der Waals surface area contributed by atoms with Gasteiger partial charge in [0.25, 0.3) is 0 Å². The fraction of sp³-hybridized carbons (Fsp3) is 0.421. The fourth-order valence-electron chi connectivity index (χ4n) is 2.09. The molecule has 7 heteroatoms. The molecule has 0 spiro atoms. The Morgan fingerprint density at radius 3 is 2.31 bits per heavy atom. The molecule has 0 saturated heterocycles.